The Labute approximate surface area is 75.5 Å². The van der Waals surface area contributed by atoms with Crippen molar-refractivity contribution in [2.45, 2.75) is 39.5 Å². The van der Waals surface area contributed by atoms with Gasteiger partial charge >= 0.3 is 0 Å². The van der Waals surface area contributed by atoms with Gasteiger partial charge in [-0.1, -0.05) is 25.5 Å². The molecule has 0 radical (unpaired) electrons. The summed E-state index contributed by atoms with van der Waals surface area (Å²) in [6, 6.07) is 0. The van der Waals surface area contributed by atoms with Gasteiger partial charge in [0, 0.05) is 6.61 Å². The van der Waals surface area contributed by atoms with Crippen LogP contribution in [0, 0.1) is 11.3 Å². The van der Waals surface area contributed by atoms with Crippen molar-refractivity contribution in [3.63, 3.8) is 0 Å². The molecule has 1 N–H and O–H groups in total. The Morgan fingerprint density at radius 1 is 1.58 bits per heavy atom. The molecule has 0 heterocycles. The van der Waals surface area contributed by atoms with Crippen molar-refractivity contribution in [2.75, 3.05) is 6.61 Å². The van der Waals surface area contributed by atoms with Gasteiger partial charge in [0.2, 0.25) is 0 Å². The van der Waals surface area contributed by atoms with Crippen molar-refractivity contribution in [1.82, 2.24) is 0 Å². The molecule has 1 heteroatoms. The maximum atomic E-state index is 9.07. The Hall–Kier alpha value is -0.300. The van der Waals surface area contributed by atoms with E-state index in [2.05, 4.69) is 26.0 Å². The second kappa shape index (κ2) is 4.08. The highest BCUT2D eigenvalue weighted by Crippen LogP contribution is 2.39. The Kier molecular flexibility index (Phi) is 3.33. The van der Waals surface area contributed by atoms with E-state index in [1.54, 1.807) is 0 Å². The summed E-state index contributed by atoms with van der Waals surface area (Å²) in [6.45, 7) is 4.75. The zero-order valence-electron chi connectivity index (χ0n) is 8.21. The first-order chi connectivity index (χ1) is 5.70. The van der Waals surface area contributed by atoms with Gasteiger partial charge in [-0.25, -0.2) is 0 Å². The molecule has 0 aromatic rings. The average Bonchev–Trinajstić information content (AvgIpc) is 2.04. The molecular formula is C11H20O. The lowest BCUT2D eigenvalue weighted by Gasteiger charge is -2.35. The maximum Gasteiger partial charge on any atom is 0.0459 e. The molecular weight excluding hydrogens is 148 g/mol. The van der Waals surface area contributed by atoms with Crippen LogP contribution in [0.5, 0.6) is 0 Å². The predicted octanol–water partition coefficient (Wildman–Crippen LogP) is 2.75. The van der Waals surface area contributed by atoms with Crippen LogP contribution < -0.4 is 0 Å². The maximum absolute atomic E-state index is 9.07. The average molecular weight is 168 g/mol. The number of rotatable bonds is 2. The number of aliphatic hydroxyl groups excluding tert-OH is 1. The molecule has 0 amide bonds. The van der Waals surface area contributed by atoms with Gasteiger partial charge in [0.1, 0.15) is 0 Å². The highest BCUT2D eigenvalue weighted by atomic mass is 16.3. The summed E-state index contributed by atoms with van der Waals surface area (Å²) in [4.78, 5) is 0. The number of allylic oxidation sites excluding steroid dienone is 2. The van der Waals surface area contributed by atoms with Crippen LogP contribution in [-0.2, 0) is 0 Å². The van der Waals surface area contributed by atoms with Gasteiger partial charge in [-0.05, 0) is 37.5 Å². The summed E-state index contributed by atoms with van der Waals surface area (Å²) < 4.78 is 0. The van der Waals surface area contributed by atoms with E-state index in [-0.39, 0.29) is 0 Å². The second-order valence-corrected chi connectivity index (χ2v) is 4.30. The summed E-state index contributed by atoms with van der Waals surface area (Å²) >= 11 is 0. The lowest BCUT2D eigenvalue weighted by molar-refractivity contribution is 0.135. The molecule has 1 aliphatic rings. The van der Waals surface area contributed by atoms with Crippen LogP contribution in [0.2, 0.25) is 0 Å². The summed E-state index contributed by atoms with van der Waals surface area (Å²) in [7, 11) is 0. The summed E-state index contributed by atoms with van der Waals surface area (Å²) in [5.41, 5.74) is 0.362. The van der Waals surface area contributed by atoms with Crippen LogP contribution in [0.25, 0.3) is 0 Å². The predicted molar refractivity (Wildman–Crippen MR) is 52.0 cm³/mol. The molecule has 1 nitrogen and oxygen atoms in total. The first-order valence-corrected chi connectivity index (χ1v) is 4.95. The van der Waals surface area contributed by atoms with Crippen molar-refractivity contribution < 1.29 is 5.11 Å². The van der Waals surface area contributed by atoms with Crippen LogP contribution in [-0.4, -0.2) is 11.7 Å². The summed E-state index contributed by atoms with van der Waals surface area (Å²) in [5, 5.41) is 9.07. The van der Waals surface area contributed by atoms with E-state index in [1.165, 1.54) is 19.3 Å². The molecule has 12 heavy (non-hydrogen) atoms. The van der Waals surface area contributed by atoms with E-state index >= 15 is 0 Å². The van der Waals surface area contributed by atoms with E-state index in [9.17, 15) is 0 Å². The largest absolute Gasteiger partial charge is 0.396 e. The third-order valence-corrected chi connectivity index (χ3v) is 2.94. The fourth-order valence-electron chi connectivity index (χ4n) is 2.37. The molecule has 2 unspecified atom stereocenters. The van der Waals surface area contributed by atoms with Gasteiger partial charge in [0.25, 0.3) is 0 Å². The molecule has 0 saturated heterocycles. The Morgan fingerprint density at radius 2 is 2.33 bits per heavy atom. The van der Waals surface area contributed by atoms with Crippen LogP contribution in [0.15, 0.2) is 12.2 Å². The van der Waals surface area contributed by atoms with Crippen molar-refractivity contribution in [2.24, 2.45) is 11.3 Å². The molecule has 0 spiro atoms. The van der Waals surface area contributed by atoms with Crippen molar-refractivity contribution in [3.8, 4) is 0 Å². The minimum atomic E-state index is 0.362. The third-order valence-electron chi connectivity index (χ3n) is 2.94. The minimum absolute atomic E-state index is 0.362. The summed E-state index contributed by atoms with van der Waals surface area (Å²) in [5.74, 6) is 0.542. The molecule has 1 fully saturated rings. The highest BCUT2D eigenvalue weighted by Gasteiger charge is 2.28. The fraction of sp³-hybridized carbons (Fsp3) is 0.818. The molecule has 0 aromatic carbocycles. The zero-order chi connectivity index (χ0) is 9.03. The normalized spacial score (nSPS) is 37.4. The molecule has 1 saturated carbocycles. The summed E-state index contributed by atoms with van der Waals surface area (Å²) in [6.07, 6.45) is 9.37. The Morgan fingerprint density at radius 3 is 2.92 bits per heavy atom. The van der Waals surface area contributed by atoms with Crippen LogP contribution in [0.1, 0.15) is 39.5 Å². The quantitative estimate of drug-likeness (QED) is 0.629. The van der Waals surface area contributed by atoms with Gasteiger partial charge in [0.15, 0.2) is 0 Å². The Balaban J connectivity index is 2.54. The lowest BCUT2D eigenvalue weighted by atomic mass is 9.71. The van der Waals surface area contributed by atoms with Gasteiger partial charge in [0.05, 0.1) is 0 Å². The second-order valence-electron chi connectivity index (χ2n) is 4.30. The van der Waals surface area contributed by atoms with Crippen molar-refractivity contribution in [3.05, 3.63) is 12.2 Å². The Bertz CT molecular complexity index is 162. The first-order valence-electron chi connectivity index (χ1n) is 4.95. The van der Waals surface area contributed by atoms with E-state index in [0.717, 1.165) is 6.42 Å². The van der Waals surface area contributed by atoms with Crippen molar-refractivity contribution in [1.29, 1.82) is 0 Å². The monoisotopic (exact) mass is 168 g/mol. The van der Waals surface area contributed by atoms with E-state index in [1.807, 2.05) is 0 Å². The van der Waals surface area contributed by atoms with Crippen molar-refractivity contribution >= 4 is 0 Å². The number of hydrogen-bond donors (Lipinski definition) is 1. The van der Waals surface area contributed by atoms with Crippen LogP contribution >= 0.6 is 0 Å². The standard InChI is InChI=1S/C11H20O/c1-3-6-11(2)7-4-5-10(8-11)9-12/h3,6,10,12H,4-5,7-9H2,1-2H3/b6-3+. The third kappa shape index (κ3) is 2.34. The fourth-order valence-corrected chi connectivity index (χ4v) is 2.37. The molecule has 0 aromatic heterocycles. The van der Waals surface area contributed by atoms with Gasteiger partial charge < -0.3 is 5.11 Å². The highest BCUT2D eigenvalue weighted by molar-refractivity contribution is 4.98. The molecule has 0 aliphatic heterocycles. The molecule has 1 rings (SSSR count). The minimum Gasteiger partial charge on any atom is -0.396 e. The molecule has 2 atom stereocenters. The van der Waals surface area contributed by atoms with Gasteiger partial charge in [-0.3, -0.25) is 0 Å². The topological polar surface area (TPSA) is 20.2 Å². The number of hydrogen-bond acceptors (Lipinski definition) is 1. The van der Waals surface area contributed by atoms with Crippen LogP contribution in [0.3, 0.4) is 0 Å². The van der Waals surface area contributed by atoms with E-state index in [4.69, 9.17) is 5.11 Å². The lowest BCUT2D eigenvalue weighted by Crippen LogP contribution is -2.25. The van der Waals surface area contributed by atoms with Gasteiger partial charge in [-0.15, -0.1) is 0 Å². The number of aliphatic hydroxyl groups is 1. The van der Waals surface area contributed by atoms with Gasteiger partial charge in [-0.2, -0.15) is 0 Å². The first kappa shape index (κ1) is 9.79. The molecule has 70 valence electrons. The van der Waals surface area contributed by atoms with Crippen LogP contribution in [0.4, 0.5) is 0 Å². The van der Waals surface area contributed by atoms with E-state index in [0.29, 0.717) is 17.9 Å². The smallest absolute Gasteiger partial charge is 0.0459 e. The molecule has 1 aliphatic carbocycles. The van der Waals surface area contributed by atoms with E-state index < -0.39 is 0 Å². The SMILES string of the molecule is C/C=C/C1(C)CCCC(CO)C1. The zero-order valence-corrected chi connectivity index (χ0v) is 8.21. The molecule has 0 bridgehead atoms.